The van der Waals surface area contributed by atoms with Gasteiger partial charge in [-0.3, -0.25) is 0 Å². The van der Waals surface area contributed by atoms with Crippen molar-refractivity contribution in [2.45, 2.75) is 18.7 Å². The molecule has 1 aromatic rings. The van der Waals surface area contributed by atoms with Gasteiger partial charge in [0.15, 0.2) is 0 Å². The molecule has 1 aromatic carbocycles. The molecule has 0 atom stereocenters. The Kier molecular flexibility index (Phi) is 6.56. The molecule has 0 aliphatic rings. The average molecular weight is 325 g/mol. The zero-order valence-corrected chi connectivity index (χ0v) is 13.3. The lowest BCUT2D eigenvalue weighted by Gasteiger charge is -2.18. The van der Waals surface area contributed by atoms with Crippen LogP contribution in [-0.2, 0) is 10.0 Å². The van der Waals surface area contributed by atoms with E-state index in [2.05, 4.69) is 9.62 Å². The first kappa shape index (κ1) is 16.7. The predicted octanol–water partition coefficient (Wildman–Crippen LogP) is 2.61. The monoisotopic (exact) mass is 324 g/mol. The first-order valence-corrected chi connectivity index (χ1v) is 8.31. The van der Waals surface area contributed by atoms with Gasteiger partial charge in [-0.05, 0) is 31.3 Å². The molecule has 0 radical (unpaired) electrons. The molecule has 0 aliphatic carbocycles. The lowest BCUT2D eigenvalue weighted by atomic mass is 10.4. The zero-order valence-electron chi connectivity index (χ0n) is 11.0. The molecule has 0 spiro atoms. The Labute approximate surface area is 124 Å². The van der Waals surface area contributed by atoms with Gasteiger partial charge < -0.3 is 4.90 Å². The Bertz CT molecular complexity index is 496. The highest BCUT2D eigenvalue weighted by Gasteiger charge is 2.15. The number of likely N-dealkylation sites (N-methyl/N-ethyl adjacent to an activating group) is 1. The summed E-state index contributed by atoms with van der Waals surface area (Å²) in [6.45, 7) is 6.88. The van der Waals surface area contributed by atoms with Crippen LogP contribution in [0.1, 0.15) is 13.8 Å². The maximum absolute atomic E-state index is 12.0. The molecule has 0 bridgehead atoms. The van der Waals surface area contributed by atoms with Crippen LogP contribution in [-0.4, -0.2) is 39.5 Å². The summed E-state index contributed by atoms with van der Waals surface area (Å²) in [5, 5.41) is 0.605. The molecule has 19 heavy (non-hydrogen) atoms. The molecule has 108 valence electrons. The van der Waals surface area contributed by atoms with Crippen LogP contribution in [0.15, 0.2) is 23.1 Å². The molecule has 1 rings (SSSR count). The second kappa shape index (κ2) is 7.45. The largest absolute Gasteiger partial charge is 0.303 e. The van der Waals surface area contributed by atoms with Gasteiger partial charge in [0.05, 0.1) is 4.90 Å². The Morgan fingerprint density at radius 3 is 2.11 bits per heavy atom. The van der Waals surface area contributed by atoms with Gasteiger partial charge >= 0.3 is 0 Å². The van der Waals surface area contributed by atoms with E-state index in [0.717, 1.165) is 13.1 Å². The Hall–Kier alpha value is -0.330. The normalized spacial score (nSPS) is 12.1. The number of nitrogens with one attached hydrogen (secondary N) is 1. The number of hydrogen-bond acceptors (Lipinski definition) is 3. The Balaban J connectivity index is 2.71. The summed E-state index contributed by atoms with van der Waals surface area (Å²) in [7, 11) is -3.56. The standard InChI is InChI=1S/C12H18Cl2N2O2S/c1-3-16(4-2)6-5-15-19(17,18)12-8-10(13)7-11(14)9-12/h7-9,15H,3-6H2,1-2H3. The van der Waals surface area contributed by atoms with Gasteiger partial charge in [-0.25, -0.2) is 13.1 Å². The molecule has 0 saturated carbocycles. The van der Waals surface area contributed by atoms with E-state index in [-0.39, 0.29) is 4.90 Å². The van der Waals surface area contributed by atoms with Crippen molar-refractivity contribution in [3.63, 3.8) is 0 Å². The van der Waals surface area contributed by atoms with Crippen LogP contribution in [0.4, 0.5) is 0 Å². The number of benzene rings is 1. The first-order chi connectivity index (χ1) is 8.89. The van der Waals surface area contributed by atoms with Crippen molar-refractivity contribution in [3.05, 3.63) is 28.2 Å². The van der Waals surface area contributed by atoms with E-state index in [1.807, 2.05) is 13.8 Å². The minimum atomic E-state index is -3.56. The molecular weight excluding hydrogens is 307 g/mol. The molecular formula is C12H18Cl2N2O2S. The van der Waals surface area contributed by atoms with Gasteiger partial charge in [-0.15, -0.1) is 0 Å². The van der Waals surface area contributed by atoms with Crippen LogP contribution < -0.4 is 4.72 Å². The van der Waals surface area contributed by atoms with E-state index in [1.165, 1.54) is 18.2 Å². The Morgan fingerprint density at radius 1 is 1.11 bits per heavy atom. The molecule has 0 amide bonds. The van der Waals surface area contributed by atoms with Gasteiger partial charge in [0, 0.05) is 23.1 Å². The molecule has 7 heteroatoms. The van der Waals surface area contributed by atoms with Gasteiger partial charge in [-0.2, -0.15) is 0 Å². The fourth-order valence-electron chi connectivity index (χ4n) is 1.64. The van der Waals surface area contributed by atoms with Crippen molar-refractivity contribution >= 4 is 33.2 Å². The quantitative estimate of drug-likeness (QED) is 0.838. The fourth-order valence-corrected chi connectivity index (χ4v) is 3.39. The molecule has 0 fully saturated rings. The van der Waals surface area contributed by atoms with Crippen molar-refractivity contribution in [1.29, 1.82) is 0 Å². The van der Waals surface area contributed by atoms with E-state index in [0.29, 0.717) is 23.1 Å². The summed E-state index contributed by atoms with van der Waals surface area (Å²) in [6.07, 6.45) is 0. The third kappa shape index (κ3) is 5.28. The van der Waals surface area contributed by atoms with E-state index in [4.69, 9.17) is 23.2 Å². The summed E-state index contributed by atoms with van der Waals surface area (Å²) in [6, 6.07) is 4.26. The van der Waals surface area contributed by atoms with Crippen molar-refractivity contribution < 1.29 is 8.42 Å². The van der Waals surface area contributed by atoms with Gasteiger partial charge in [-0.1, -0.05) is 37.0 Å². The highest BCUT2D eigenvalue weighted by molar-refractivity contribution is 7.89. The lowest BCUT2D eigenvalue weighted by Crippen LogP contribution is -2.34. The topological polar surface area (TPSA) is 49.4 Å². The molecule has 0 aromatic heterocycles. The van der Waals surface area contributed by atoms with E-state index < -0.39 is 10.0 Å². The van der Waals surface area contributed by atoms with Crippen LogP contribution in [0.25, 0.3) is 0 Å². The number of rotatable bonds is 7. The highest BCUT2D eigenvalue weighted by Crippen LogP contribution is 2.21. The number of nitrogens with zero attached hydrogens (tertiary/aromatic N) is 1. The van der Waals surface area contributed by atoms with Crippen molar-refractivity contribution in [1.82, 2.24) is 9.62 Å². The second-order valence-corrected chi connectivity index (χ2v) is 6.67. The minimum Gasteiger partial charge on any atom is -0.303 e. The smallest absolute Gasteiger partial charge is 0.240 e. The van der Waals surface area contributed by atoms with Crippen molar-refractivity contribution in [2.75, 3.05) is 26.2 Å². The van der Waals surface area contributed by atoms with Crippen LogP contribution in [0.2, 0.25) is 10.0 Å². The molecule has 0 aliphatic heterocycles. The maximum atomic E-state index is 12.0. The summed E-state index contributed by atoms with van der Waals surface area (Å²) in [4.78, 5) is 2.22. The number of hydrogen-bond donors (Lipinski definition) is 1. The summed E-state index contributed by atoms with van der Waals surface area (Å²) >= 11 is 11.6. The maximum Gasteiger partial charge on any atom is 0.240 e. The number of halogens is 2. The lowest BCUT2D eigenvalue weighted by molar-refractivity contribution is 0.309. The first-order valence-electron chi connectivity index (χ1n) is 6.07. The second-order valence-electron chi connectivity index (χ2n) is 4.03. The average Bonchev–Trinajstić information content (AvgIpc) is 2.33. The highest BCUT2D eigenvalue weighted by atomic mass is 35.5. The summed E-state index contributed by atoms with van der Waals surface area (Å²) in [5.41, 5.74) is 0. The minimum absolute atomic E-state index is 0.0875. The molecule has 0 saturated heterocycles. The number of sulfonamides is 1. The van der Waals surface area contributed by atoms with Crippen molar-refractivity contribution in [3.8, 4) is 0 Å². The van der Waals surface area contributed by atoms with Crippen LogP contribution in [0.3, 0.4) is 0 Å². The van der Waals surface area contributed by atoms with Gasteiger partial charge in [0.25, 0.3) is 0 Å². The molecule has 0 unspecified atom stereocenters. The van der Waals surface area contributed by atoms with E-state index in [9.17, 15) is 8.42 Å². The third-order valence-electron chi connectivity index (χ3n) is 2.76. The van der Waals surface area contributed by atoms with Crippen LogP contribution >= 0.6 is 23.2 Å². The summed E-state index contributed by atoms with van der Waals surface area (Å²) < 4.78 is 26.6. The third-order valence-corrected chi connectivity index (χ3v) is 4.64. The Morgan fingerprint density at radius 2 is 1.63 bits per heavy atom. The van der Waals surface area contributed by atoms with Crippen LogP contribution in [0.5, 0.6) is 0 Å². The van der Waals surface area contributed by atoms with Crippen molar-refractivity contribution in [2.24, 2.45) is 0 Å². The molecule has 4 nitrogen and oxygen atoms in total. The van der Waals surface area contributed by atoms with Crippen LogP contribution in [0, 0.1) is 0 Å². The predicted molar refractivity (Wildman–Crippen MR) is 79.4 cm³/mol. The fraction of sp³-hybridized carbons (Fsp3) is 0.500. The summed E-state index contributed by atoms with van der Waals surface area (Å²) in [5.74, 6) is 0. The SMILES string of the molecule is CCN(CC)CCNS(=O)(=O)c1cc(Cl)cc(Cl)c1. The molecule has 1 N–H and O–H groups in total. The van der Waals surface area contributed by atoms with E-state index >= 15 is 0 Å². The molecule has 0 heterocycles. The zero-order chi connectivity index (χ0) is 14.5. The van der Waals surface area contributed by atoms with Gasteiger partial charge in [0.1, 0.15) is 0 Å². The van der Waals surface area contributed by atoms with Gasteiger partial charge in [0.2, 0.25) is 10.0 Å². The van der Waals surface area contributed by atoms with E-state index in [1.54, 1.807) is 0 Å².